The van der Waals surface area contributed by atoms with E-state index in [2.05, 4.69) is 35.2 Å². The fourth-order valence-corrected chi connectivity index (χ4v) is 3.08. The van der Waals surface area contributed by atoms with E-state index in [4.69, 9.17) is 0 Å². The molecule has 2 aromatic carbocycles. The largest absolute Gasteiger partial charge is 0.360 e. The molecule has 120 valence electrons. The quantitative estimate of drug-likeness (QED) is 0.673. The summed E-state index contributed by atoms with van der Waals surface area (Å²) < 4.78 is 0. The lowest BCUT2D eigenvalue weighted by Crippen LogP contribution is -3.15. The Hall–Kier alpha value is -2.40. The third-order valence-corrected chi connectivity index (χ3v) is 4.51. The molecule has 1 heterocycles. The number of piperazine rings is 1. The lowest BCUT2D eigenvalue weighted by atomic mass is 10.1. The number of nitro groups is 1. The summed E-state index contributed by atoms with van der Waals surface area (Å²) in [7, 11) is 0. The molecule has 23 heavy (non-hydrogen) atoms. The zero-order valence-electron chi connectivity index (χ0n) is 13.1. The Morgan fingerprint density at radius 2 is 1.65 bits per heavy atom. The standard InChI is InChI=1S/C18H21N3O2/c22-21(23)18-8-6-17(7-9-18)20-14-12-19(13-15-20)11-10-16-4-2-1-3-5-16/h1-9H,10-15H2/p+1. The molecule has 0 spiro atoms. The zero-order chi connectivity index (χ0) is 16.1. The maximum absolute atomic E-state index is 10.7. The first-order valence-corrected chi connectivity index (χ1v) is 8.09. The van der Waals surface area contributed by atoms with Crippen LogP contribution in [-0.2, 0) is 6.42 Å². The first-order valence-electron chi connectivity index (χ1n) is 8.09. The minimum absolute atomic E-state index is 0.154. The lowest BCUT2D eigenvalue weighted by Gasteiger charge is -2.33. The number of hydrogen-bond donors (Lipinski definition) is 1. The van der Waals surface area contributed by atoms with E-state index in [1.165, 1.54) is 5.56 Å². The SMILES string of the molecule is O=[N+]([O-])c1ccc(N2CC[NH+](CCc3ccccc3)CC2)cc1. The third kappa shape index (κ3) is 4.07. The van der Waals surface area contributed by atoms with E-state index in [0.29, 0.717) is 0 Å². The van der Waals surface area contributed by atoms with Gasteiger partial charge in [-0.25, -0.2) is 0 Å². The van der Waals surface area contributed by atoms with Crippen molar-refractivity contribution in [2.75, 3.05) is 37.6 Å². The van der Waals surface area contributed by atoms with Gasteiger partial charge in [-0.15, -0.1) is 0 Å². The second-order valence-electron chi connectivity index (χ2n) is 6.00. The molecule has 1 saturated heterocycles. The average Bonchev–Trinajstić information content (AvgIpc) is 2.61. The molecule has 0 amide bonds. The Kier molecular flexibility index (Phi) is 4.88. The van der Waals surface area contributed by atoms with Crippen molar-refractivity contribution in [2.45, 2.75) is 6.42 Å². The highest BCUT2D eigenvalue weighted by Crippen LogP contribution is 2.19. The fraction of sp³-hybridized carbons (Fsp3) is 0.333. The molecule has 0 aromatic heterocycles. The second-order valence-corrected chi connectivity index (χ2v) is 6.00. The van der Waals surface area contributed by atoms with Crippen LogP contribution in [0.4, 0.5) is 11.4 Å². The topological polar surface area (TPSA) is 50.8 Å². The van der Waals surface area contributed by atoms with Crippen LogP contribution in [0.25, 0.3) is 0 Å². The van der Waals surface area contributed by atoms with Crippen LogP contribution in [0.5, 0.6) is 0 Å². The van der Waals surface area contributed by atoms with Crippen molar-refractivity contribution < 1.29 is 9.82 Å². The van der Waals surface area contributed by atoms with Crippen LogP contribution in [0.3, 0.4) is 0 Å². The highest BCUT2D eigenvalue weighted by molar-refractivity contribution is 5.51. The Morgan fingerprint density at radius 1 is 1.00 bits per heavy atom. The number of nitrogens with zero attached hydrogens (tertiary/aromatic N) is 2. The summed E-state index contributed by atoms with van der Waals surface area (Å²) in [4.78, 5) is 14.3. The van der Waals surface area contributed by atoms with Crippen LogP contribution >= 0.6 is 0 Å². The summed E-state index contributed by atoms with van der Waals surface area (Å²) in [5, 5.41) is 10.7. The van der Waals surface area contributed by atoms with Crippen LogP contribution in [-0.4, -0.2) is 37.6 Å². The van der Waals surface area contributed by atoms with Gasteiger partial charge in [0.05, 0.1) is 37.6 Å². The van der Waals surface area contributed by atoms with Crippen LogP contribution in [0, 0.1) is 10.1 Å². The van der Waals surface area contributed by atoms with Crippen molar-refractivity contribution in [1.82, 2.24) is 0 Å². The molecule has 0 radical (unpaired) electrons. The molecule has 1 N–H and O–H groups in total. The maximum Gasteiger partial charge on any atom is 0.269 e. The molecule has 1 aliphatic rings. The number of quaternary nitrogens is 1. The van der Waals surface area contributed by atoms with Gasteiger partial charge < -0.3 is 9.80 Å². The highest BCUT2D eigenvalue weighted by Gasteiger charge is 2.20. The highest BCUT2D eigenvalue weighted by atomic mass is 16.6. The van der Waals surface area contributed by atoms with Gasteiger partial charge in [0, 0.05) is 24.2 Å². The molecule has 5 nitrogen and oxygen atoms in total. The van der Waals surface area contributed by atoms with Gasteiger partial charge in [0.25, 0.3) is 5.69 Å². The molecule has 0 bridgehead atoms. The number of nitrogens with one attached hydrogen (secondary N) is 1. The van der Waals surface area contributed by atoms with E-state index in [-0.39, 0.29) is 10.6 Å². The Bertz CT molecular complexity index is 635. The number of rotatable bonds is 5. The molecular formula is C18H22N3O2+. The number of nitro benzene ring substituents is 1. The smallest absolute Gasteiger partial charge is 0.269 e. The Labute approximate surface area is 136 Å². The maximum atomic E-state index is 10.7. The molecular weight excluding hydrogens is 290 g/mol. The average molecular weight is 312 g/mol. The zero-order valence-corrected chi connectivity index (χ0v) is 13.1. The molecule has 0 atom stereocenters. The predicted octanol–water partition coefficient (Wildman–Crippen LogP) is 1.54. The summed E-state index contributed by atoms with van der Waals surface area (Å²) >= 11 is 0. The summed E-state index contributed by atoms with van der Waals surface area (Å²) in [6.07, 6.45) is 1.12. The summed E-state index contributed by atoms with van der Waals surface area (Å²) in [6, 6.07) is 17.5. The molecule has 1 aliphatic heterocycles. The van der Waals surface area contributed by atoms with Gasteiger partial charge in [-0.2, -0.15) is 0 Å². The van der Waals surface area contributed by atoms with Gasteiger partial charge >= 0.3 is 0 Å². The second kappa shape index (κ2) is 7.24. The van der Waals surface area contributed by atoms with E-state index in [1.807, 2.05) is 12.1 Å². The van der Waals surface area contributed by atoms with Crippen LogP contribution < -0.4 is 9.80 Å². The Balaban J connectivity index is 1.49. The van der Waals surface area contributed by atoms with Crippen molar-refractivity contribution in [3.63, 3.8) is 0 Å². The van der Waals surface area contributed by atoms with Gasteiger partial charge in [-0.1, -0.05) is 30.3 Å². The van der Waals surface area contributed by atoms with Crippen molar-refractivity contribution in [3.8, 4) is 0 Å². The Morgan fingerprint density at radius 3 is 2.26 bits per heavy atom. The number of anilines is 1. The van der Waals surface area contributed by atoms with E-state index in [0.717, 1.165) is 44.8 Å². The molecule has 3 rings (SSSR count). The monoisotopic (exact) mass is 312 g/mol. The number of non-ortho nitro benzene ring substituents is 1. The van der Waals surface area contributed by atoms with Gasteiger partial charge in [0.2, 0.25) is 0 Å². The summed E-state index contributed by atoms with van der Waals surface area (Å²) in [6.45, 7) is 5.40. The molecule has 0 unspecified atom stereocenters. The van der Waals surface area contributed by atoms with E-state index in [9.17, 15) is 10.1 Å². The minimum atomic E-state index is -0.352. The minimum Gasteiger partial charge on any atom is -0.360 e. The molecule has 2 aromatic rings. The van der Waals surface area contributed by atoms with Gasteiger partial charge in [0.1, 0.15) is 0 Å². The van der Waals surface area contributed by atoms with E-state index >= 15 is 0 Å². The fourth-order valence-electron chi connectivity index (χ4n) is 3.08. The van der Waals surface area contributed by atoms with Gasteiger partial charge in [-0.3, -0.25) is 10.1 Å². The number of hydrogen-bond acceptors (Lipinski definition) is 3. The van der Waals surface area contributed by atoms with Crippen molar-refractivity contribution >= 4 is 11.4 Å². The van der Waals surface area contributed by atoms with E-state index in [1.54, 1.807) is 17.0 Å². The van der Waals surface area contributed by atoms with Crippen molar-refractivity contribution in [3.05, 3.63) is 70.3 Å². The normalized spacial score (nSPS) is 15.6. The third-order valence-electron chi connectivity index (χ3n) is 4.51. The van der Waals surface area contributed by atoms with Crippen LogP contribution in [0.15, 0.2) is 54.6 Å². The summed E-state index contributed by atoms with van der Waals surface area (Å²) in [5.74, 6) is 0. The molecule has 5 heteroatoms. The first-order chi connectivity index (χ1) is 11.2. The molecule has 1 fully saturated rings. The van der Waals surface area contributed by atoms with Gasteiger partial charge in [0.15, 0.2) is 0 Å². The predicted molar refractivity (Wildman–Crippen MR) is 91.0 cm³/mol. The molecule has 0 saturated carbocycles. The van der Waals surface area contributed by atoms with E-state index < -0.39 is 0 Å². The number of benzene rings is 2. The van der Waals surface area contributed by atoms with Gasteiger partial charge in [-0.05, 0) is 17.7 Å². The first kappa shape index (κ1) is 15.5. The molecule has 0 aliphatic carbocycles. The van der Waals surface area contributed by atoms with Crippen molar-refractivity contribution in [1.29, 1.82) is 0 Å². The van der Waals surface area contributed by atoms with Crippen molar-refractivity contribution in [2.24, 2.45) is 0 Å². The van der Waals surface area contributed by atoms with Crippen LogP contribution in [0.1, 0.15) is 5.56 Å². The summed E-state index contributed by atoms with van der Waals surface area (Å²) in [5.41, 5.74) is 2.64. The lowest BCUT2D eigenvalue weighted by molar-refractivity contribution is -0.900. The van der Waals surface area contributed by atoms with Crippen LogP contribution in [0.2, 0.25) is 0 Å².